The summed E-state index contributed by atoms with van der Waals surface area (Å²) in [6, 6.07) is 2.31. The van der Waals surface area contributed by atoms with Gasteiger partial charge in [-0.3, -0.25) is 25.0 Å². The lowest BCUT2D eigenvalue weighted by molar-refractivity contribution is -0.385. The minimum Gasteiger partial charge on any atom is -0.321 e. The van der Waals surface area contributed by atoms with E-state index in [-0.39, 0.29) is 12.1 Å². The van der Waals surface area contributed by atoms with Gasteiger partial charge < -0.3 is 5.32 Å². The third-order valence-electron chi connectivity index (χ3n) is 3.53. The molecule has 0 unspecified atom stereocenters. The molecule has 0 aliphatic rings. The van der Waals surface area contributed by atoms with Gasteiger partial charge in [-0.2, -0.15) is 26.3 Å². The average Bonchev–Trinajstić information content (AvgIpc) is 2.59. The maximum atomic E-state index is 13.1. The first-order valence-corrected chi connectivity index (χ1v) is 7.24. The minimum atomic E-state index is -5.22. The fraction of sp³-hybridized carbons (Fsp3) is 0.133. The van der Waals surface area contributed by atoms with Crippen LogP contribution in [0.15, 0.2) is 36.4 Å². The number of benzene rings is 2. The first-order valence-electron chi connectivity index (χ1n) is 7.24. The number of hydrogen-bond donors (Lipinski definition) is 1. The number of hydrogen-bond acceptors (Lipinski definition) is 5. The van der Waals surface area contributed by atoms with Crippen molar-refractivity contribution in [3.05, 3.63) is 73.3 Å². The Balaban J connectivity index is 2.53. The van der Waals surface area contributed by atoms with Crippen LogP contribution in [0.3, 0.4) is 0 Å². The van der Waals surface area contributed by atoms with E-state index in [0.717, 1.165) is 0 Å². The average molecular weight is 423 g/mol. The summed E-state index contributed by atoms with van der Waals surface area (Å²) in [6.45, 7) is 0. The number of nitro groups is 2. The molecule has 29 heavy (non-hydrogen) atoms. The van der Waals surface area contributed by atoms with Gasteiger partial charge >= 0.3 is 12.4 Å². The van der Waals surface area contributed by atoms with E-state index in [4.69, 9.17) is 0 Å². The van der Waals surface area contributed by atoms with Crippen LogP contribution in [0.2, 0.25) is 0 Å². The number of non-ortho nitro benzene ring substituents is 2. The molecule has 0 fully saturated rings. The predicted octanol–water partition coefficient (Wildman–Crippen LogP) is 4.79. The first-order chi connectivity index (χ1) is 13.2. The number of alkyl halides is 6. The molecule has 14 heteroatoms. The molecule has 0 aliphatic heterocycles. The third kappa shape index (κ3) is 4.77. The normalized spacial score (nSPS) is 11.8. The van der Waals surface area contributed by atoms with Crippen LogP contribution in [-0.4, -0.2) is 15.8 Å². The molecule has 154 valence electrons. The van der Waals surface area contributed by atoms with Crippen molar-refractivity contribution >= 4 is 23.0 Å². The summed E-state index contributed by atoms with van der Waals surface area (Å²) in [7, 11) is 0. The molecule has 0 bridgehead atoms. The molecule has 0 aliphatic carbocycles. The summed E-state index contributed by atoms with van der Waals surface area (Å²) in [5, 5.41) is 22.9. The van der Waals surface area contributed by atoms with Gasteiger partial charge in [0, 0.05) is 24.3 Å². The molecule has 2 aromatic carbocycles. The number of nitrogens with one attached hydrogen (secondary N) is 1. The van der Waals surface area contributed by atoms with E-state index in [2.05, 4.69) is 0 Å². The third-order valence-corrected chi connectivity index (χ3v) is 3.53. The van der Waals surface area contributed by atoms with Gasteiger partial charge in [0.15, 0.2) is 0 Å². The maximum Gasteiger partial charge on any atom is 0.418 e. The highest BCUT2D eigenvalue weighted by Gasteiger charge is 2.39. The number of nitro benzene ring substituents is 2. The highest BCUT2D eigenvalue weighted by Crippen LogP contribution is 2.38. The molecule has 0 heterocycles. The van der Waals surface area contributed by atoms with Crippen molar-refractivity contribution < 1.29 is 41.0 Å². The Bertz CT molecular complexity index is 1000. The monoisotopic (exact) mass is 423 g/mol. The molecule has 0 atom stereocenters. The summed E-state index contributed by atoms with van der Waals surface area (Å²) >= 11 is 0. The zero-order chi connectivity index (χ0) is 22.1. The number of halogens is 6. The lowest BCUT2D eigenvalue weighted by Crippen LogP contribution is -2.21. The Hall–Kier alpha value is -3.71. The van der Waals surface area contributed by atoms with E-state index in [1.807, 2.05) is 0 Å². The Morgan fingerprint density at radius 3 is 1.69 bits per heavy atom. The van der Waals surface area contributed by atoms with Crippen LogP contribution < -0.4 is 5.32 Å². The van der Waals surface area contributed by atoms with E-state index in [1.165, 1.54) is 0 Å². The molecule has 2 rings (SSSR count). The molecular formula is C15H7F6N3O5. The van der Waals surface area contributed by atoms with Crippen LogP contribution in [0.25, 0.3) is 0 Å². The van der Waals surface area contributed by atoms with Crippen molar-refractivity contribution in [1.82, 2.24) is 0 Å². The van der Waals surface area contributed by atoms with Gasteiger partial charge in [0.25, 0.3) is 17.3 Å². The highest BCUT2D eigenvalue weighted by atomic mass is 19.4. The summed E-state index contributed by atoms with van der Waals surface area (Å²) in [4.78, 5) is 31.2. The van der Waals surface area contributed by atoms with Crippen molar-refractivity contribution in [2.45, 2.75) is 12.4 Å². The number of carbonyl (C=O) groups excluding carboxylic acids is 1. The van der Waals surface area contributed by atoms with Crippen LogP contribution in [0.1, 0.15) is 21.5 Å². The van der Waals surface area contributed by atoms with Crippen molar-refractivity contribution in [2.75, 3.05) is 5.32 Å². The van der Waals surface area contributed by atoms with Crippen molar-refractivity contribution in [2.24, 2.45) is 0 Å². The van der Waals surface area contributed by atoms with Crippen LogP contribution in [-0.2, 0) is 12.4 Å². The van der Waals surface area contributed by atoms with Gasteiger partial charge in [-0.25, -0.2) is 0 Å². The van der Waals surface area contributed by atoms with Gasteiger partial charge in [-0.15, -0.1) is 0 Å². The second-order valence-electron chi connectivity index (χ2n) is 5.42. The minimum absolute atomic E-state index is 0.0649. The van der Waals surface area contributed by atoms with E-state index in [9.17, 15) is 51.4 Å². The summed E-state index contributed by atoms with van der Waals surface area (Å²) < 4.78 is 78.8. The summed E-state index contributed by atoms with van der Waals surface area (Å²) in [5.41, 5.74) is -7.54. The van der Waals surface area contributed by atoms with Crippen LogP contribution >= 0.6 is 0 Å². The first kappa shape index (κ1) is 21.6. The van der Waals surface area contributed by atoms with Gasteiger partial charge in [0.1, 0.15) is 0 Å². The summed E-state index contributed by atoms with van der Waals surface area (Å²) in [6.07, 6.45) is -10.4. The second-order valence-corrected chi connectivity index (χ2v) is 5.42. The number of rotatable bonds is 4. The molecule has 0 spiro atoms. The molecule has 0 saturated heterocycles. The van der Waals surface area contributed by atoms with Crippen LogP contribution in [0.5, 0.6) is 0 Å². The largest absolute Gasteiger partial charge is 0.418 e. The SMILES string of the molecule is O=C(Nc1ccc([N+](=O)[O-])cc1C(F)(F)F)c1ccc([N+](=O)[O-])cc1C(F)(F)F. The molecule has 8 nitrogen and oxygen atoms in total. The lowest BCUT2D eigenvalue weighted by Gasteiger charge is -2.16. The fourth-order valence-electron chi connectivity index (χ4n) is 2.26. The number of carbonyl (C=O) groups is 1. The van der Waals surface area contributed by atoms with Crippen molar-refractivity contribution in [3.8, 4) is 0 Å². The number of nitrogens with zero attached hydrogens (tertiary/aromatic N) is 2. The fourth-order valence-corrected chi connectivity index (χ4v) is 2.26. The lowest BCUT2D eigenvalue weighted by atomic mass is 10.0. The zero-order valence-electron chi connectivity index (χ0n) is 13.7. The highest BCUT2D eigenvalue weighted by molar-refractivity contribution is 6.06. The van der Waals surface area contributed by atoms with Crippen LogP contribution in [0, 0.1) is 20.2 Å². The smallest absolute Gasteiger partial charge is 0.321 e. The molecule has 1 amide bonds. The van der Waals surface area contributed by atoms with Gasteiger partial charge in [0.05, 0.1) is 32.2 Å². The van der Waals surface area contributed by atoms with Gasteiger partial charge in [-0.1, -0.05) is 0 Å². The van der Waals surface area contributed by atoms with Crippen LogP contribution in [0.4, 0.5) is 43.4 Å². The standard InChI is InChI=1S/C15H7F6N3O5/c16-14(17,18)10-5-7(23(26)27)1-3-9(10)13(25)22-12-4-2-8(24(28)29)6-11(12)15(19,20)21/h1-6H,(H,22,25). The molecule has 0 saturated carbocycles. The quantitative estimate of drug-likeness (QED) is 0.431. The Morgan fingerprint density at radius 2 is 1.24 bits per heavy atom. The Morgan fingerprint density at radius 1 is 0.793 bits per heavy atom. The Labute approximate surface area is 156 Å². The molecule has 1 N–H and O–H groups in total. The van der Waals surface area contributed by atoms with E-state index >= 15 is 0 Å². The van der Waals surface area contributed by atoms with Gasteiger partial charge in [0.2, 0.25) is 0 Å². The molecule has 0 aromatic heterocycles. The van der Waals surface area contributed by atoms with Crippen molar-refractivity contribution in [3.63, 3.8) is 0 Å². The second kappa shape index (κ2) is 7.37. The molecule has 2 aromatic rings. The van der Waals surface area contributed by atoms with E-state index in [1.54, 1.807) is 5.32 Å². The predicted molar refractivity (Wildman–Crippen MR) is 84.2 cm³/mol. The van der Waals surface area contributed by atoms with E-state index < -0.39 is 61.9 Å². The number of amides is 1. The maximum absolute atomic E-state index is 13.1. The number of anilines is 1. The van der Waals surface area contributed by atoms with E-state index in [0.29, 0.717) is 24.3 Å². The molecule has 0 radical (unpaired) electrons. The van der Waals surface area contributed by atoms with Gasteiger partial charge in [-0.05, 0) is 12.1 Å². The molecular weight excluding hydrogens is 416 g/mol. The Kier molecular flexibility index (Phi) is 5.48. The topological polar surface area (TPSA) is 115 Å². The summed E-state index contributed by atoms with van der Waals surface area (Å²) in [5.74, 6) is -1.65. The zero-order valence-corrected chi connectivity index (χ0v) is 13.7. The van der Waals surface area contributed by atoms with Crippen molar-refractivity contribution in [1.29, 1.82) is 0 Å².